The monoisotopic (exact) mass is 206 g/mol. The number of aromatic nitrogens is 1. The van der Waals surface area contributed by atoms with Gasteiger partial charge in [0.25, 0.3) is 0 Å². The minimum atomic E-state index is -0.460. The second-order valence-corrected chi connectivity index (χ2v) is 3.22. The van der Waals surface area contributed by atoms with E-state index in [1.807, 2.05) is 0 Å². The van der Waals surface area contributed by atoms with Crippen molar-refractivity contribution >= 4 is 28.3 Å². The number of hydrogen-bond donors (Lipinski definition) is 1. The van der Waals surface area contributed by atoms with E-state index in [4.69, 9.17) is 17.3 Å². The Labute approximate surface area is 85.5 Å². The molecule has 0 aliphatic rings. The lowest BCUT2D eigenvalue weighted by Gasteiger charge is -2.02. The zero-order chi connectivity index (χ0) is 10.1. The maximum Gasteiger partial charge on any atom is 0.249 e. The number of primary amides is 1. The Balaban J connectivity index is 2.88. The van der Waals surface area contributed by atoms with Gasteiger partial charge < -0.3 is 5.73 Å². The number of benzene rings is 1. The molecule has 1 amide bonds. The van der Waals surface area contributed by atoms with E-state index in [9.17, 15) is 4.79 Å². The van der Waals surface area contributed by atoms with Gasteiger partial charge in [-0.3, -0.25) is 4.79 Å². The number of fused-ring (bicyclic) bond motifs is 1. The van der Waals surface area contributed by atoms with E-state index in [-0.39, 0.29) is 0 Å². The molecule has 70 valence electrons. The van der Waals surface area contributed by atoms with Crippen molar-refractivity contribution in [2.75, 3.05) is 0 Å². The summed E-state index contributed by atoms with van der Waals surface area (Å²) >= 11 is 5.87. The van der Waals surface area contributed by atoms with Gasteiger partial charge in [-0.15, -0.1) is 0 Å². The van der Waals surface area contributed by atoms with Crippen LogP contribution in [0.25, 0.3) is 10.8 Å². The Morgan fingerprint density at radius 2 is 2.07 bits per heavy atom. The summed E-state index contributed by atoms with van der Waals surface area (Å²) in [5.74, 6) is -0.460. The highest BCUT2D eigenvalue weighted by molar-refractivity contribution is 6.34. The average molecular weight is 207 g/mol. The lowest BCUT2D eigenvalue weighted by molar-refractivity contribution is 0.100. The Morgan fingerprint density at radius 1 is 1.29 bits per heavy atom. The minimum absolute atomic E-state index is 0.380. The number of carbonyl (C=O) groups excluding carboxylic acids is 1. The maximum absolute atomic E-state index is 11.1. The number of halogens is 1. The molecule has 0 spiro atoms. The summed E-state index contributed by atoms with van der Waals surface area (Å²) in [7, 11) is 0. The van der Waals surface area contributed by atoms with E-state index in [0.29, 0.717) is 10.7 Å². The van der Waals surface area contributed by atoms with Crippen LogP contribution in [0.2, 0.25) is 5.15 Å². The number of amides is 1. The highest BCUT2D eigenvalue weighted by atomic mass is 35.5. The molecule has 4 heteroatoms. The van der Waals surface area contributed by atoms with E-state index in [0.717, 1.165) is 10.8 Å². The van der Waals surface area contributed by atoms with E-state index >= 15 is 0 Å². The third kappa shape index (κ3) is 1.32. The van der Waals surface area contributed by atoms with Gasteiger partial charge in [0.2, 0.25) is 5.91 Å². The molecule has 0 aliphatic heterocycles. The molecular formula is C10H7ClN2O. The van der Waals surface area contributed by atoms with Crippen LogP contribution >= 0.6 is 11.6 Å². The average Bonchev–Trinajstić information content (AvgIpc) is 2.17. The molecule has 0 aliphatic carbocycles. The van der Waals surface area contributed by atoms with Crippen molar-refractivity contribution in [3.8, 4) is 0 Å². The zero-order valence-electron chi connectivity index (χ0n) is 7.20. The third-order valence-corrected chi connectivity index (χ3v) is 2.32. The predicted octanol–water partition coefficient (Wildman–Crippen LogP) is 1.99. The summed E-state index contributed by atoms with van der Waals surface area (Å²) < 4.78 is 0. The molecule has 0 fully saturated rings. The van der Waals surface area contributed by atoms with Crippen LogP contribution in [-0.4, -0.2) is 10.9 Å². The molecule has 0 saturated heterocycles. The first-order valence-corrected chi connectivity index (χ1v) is 4.41. The van der Waals surface area contributed by atoms with E-state index in [1.165, 1.54) is 0 Å². The molecule has 0 atom stereocenters. The summed E-state index contributed by atoms with van der Waals surface area (Å²) in [4.78, 5) is 15.0. The van der Waals surface area contributed by atoms with Crippen molar-refractivity contribution in [2.24, 2.45) is 5.73 Å². The largest absolute Gasteiger partial charge is 0.366 e. The Bertz CT molecular complexity index is 510. The van der Waals surface area contributed by atoms with Gasteiger partial charge in [-0.05, 0) is 17.5 Å². The smallest absolute Gasteiger partial charge is 0.249 e. The summed E-state index contributed by atoms with van der Waals surface area (Å²) in [5, 5.41) is 1.86. The van der Waals surface area contributed by atoms with E-state index in [2.05, 4.69) is 4.98 Å². The highest BCUT2D eigenvalue weighted by Crippen LogP contribution is 2.23. The Kier molecular flexibility index (Phi) is 2.09. The van der Waals surface area contributed by atoms with Crippen LogP contribution in [0.1, 0.15) is 10.4 Å². The number of nitrogens with two attached hydrogens (primary N) is 1. The topological polar surface area (TPSA) is 56.0 Å². The lowest BCUT2D eigenvalue weighted by atomic mass is 10.1. The van der Waals surface area contributed by atoms with Crippen LogP contribution in [-0.2, 0) is 0 Å². The maximum atomic E-state index is 11.1. The molecule has 1 aromatic carbocycles. The van der Waals surface area contributed by atoms with E-state index in [1.54, 1.807) is 30.5 Å². The van der Waals surface area contributed by atoms with Gasteiger partial charge in [-0.2, -0.15) is 0 Å². The number of nitrogens with zero attached hydrogens (tertiary/aromatic N) is 1. The van der Waals surface area contributed by atoms with Gasteiger partial charge in [0.15, 0.2) is 0 Å². The minimum Gasteiger partial charge on any atom is -0.366 e. The van der Waals surface area contributed by atoms with Crippen molar-refractivity contribution in [1.29, 1.82) is 0 Å². The van der Waals surface area contributed by atoms with Crippen molar-refractivity contribution in [2.45, 2.75) is 0 Å². The fourth-order valence-electron chi connectivity index (χ4n) is 1.39. The third-order valence-electron chi connectivity index (χ3n) is 2.02. The van der Waals surface area contributed by atoms with Crippen molar-refractivity contribution in [1.82, 2.24) is 4.98 Å². The Hall–Kier alpha value is -1.61. The fourth-order valence-corrected chi connectivity index (χ4v) is 1.61. The molecule has 14 heavy (non-hydrogen) atoms. The Morgan fingerprint density at radius 3 is 2.79 bits per heavy atom. The van der Waals surface area contributed by atoms with Crippen LogP contribution in [0.4, 0.5) is 0 Å². The number of carbonyl (C=O) groups is 1. The van der Waals surface area contributed by atoms with Gasteiger partial charge in [-0.25, -0.2) is 4.98 Å². The first-order chi connectivity index (χ1) is 6.70. The van der Waals surface area contributed by atoms with Gasteiger partial charge in [0.05, 0.1) is 0 Å². The first-order valence-electron chi connectivity index (χ1n) is 4.03. The van der Waals surface area contributed by atoms with Gasteiger partial charge in [-0.1, -0.05) is 23.7 Å². The van der Waals surface area contributed by atoms with Gasteiger partial charge in [0, 0.05) is 17.1 Å². The normalized spacial score (nSPS) is 10.4. The quantitative estimate of drug-likeness (QED) is 0.726. The molecule has 0 saturated carbocycles. The number of hydrogen-bond acceptors (Lipinski definition) is 2. The van der Waals surface area contributed by atoms with Crippen molar-refractivity contribution < 1.29 is 4.79 Å². The number of rotatable bonds is 1. The number of pyridine rings is 1. The van der Waals surface area contributed by atoms with Crippen LogP contribution in [0.5, 0.6) is 0 Å². The first kappa shape index (κ1) is 8.97. The SMILES string of the molecule is NC(=O)c1cccc2c(Cl)nccc12. The molecule has 2 aromatic rings. The molecule has 2 N–H and O–H groups in total. The molecule has 1 aromatic heterocycles. The van der Waals surface area contributed by atoms with Gasteiger partial charge >= 0.3 is 0 Å². The second kappa shape index (κ2) is 3.27. The standard InChI is InChI=1S/C10H7ClN2O/c11-9-7-2-1-3-8(10(12)14)6(7)4-5-13-9/h1-5H,(H2,12,14). The van der Waals surface area contributed by atoms with Crippen LogP contribution in [0.15, 0.2) is 30.5 Å². The lowest BCUT2D eigenvalue weighted by Crippen LogP contribution is -2.11. The molecule has 1 heterocycles. The molecule has 3 nitrogen and oxygen atoms in total. The summed E-state index contributed by atoms with van der Waals surface area (Å²) in [6.45, 7) is 0. The molecule has 2 rings (SSSR count). The highest BCUT2D eigenvalue weighted by Gasteiger charge is 2.07. The molecular weight excluding hydrogens is 200 g/mol. The summed E-state index contributed by atoms with van der Waals surface area (Å²) in [6, 6.07) is 6.93. The van der Waals surface area contributed by atoms with Crippen LogP contribution < -0.4 is 5.73 Å². The van der Waals surface area contributed by atoms with Crippen LogP contribution in [0, 0.1) is 0 Å². The second-order valence-electron chi connectivity index (χ2n) is 2.87. The predicted molar refractivity (Wildman–Crippen MR) is 55.3 cm³/mol. The summed E-state index contributed by atoms with van der Waals surface area (Å²) in [5.41, 5.74) is 5.69. The van der Waals surface area contributed by atoms with Crippen molar-refractivity contribution in [3.05, 3.63) is 41.2 Å². The summed E-state index contributed by atoms with van der Waals surface area (Å²) in [6.07, 6.45) is 1.55. The fraction of sp³-hybridized carbons (Fsp3) is 0. The van der Waals surface area contributed by atoms with Gasteiger partial charge in [0.1, 0.15) is 5.15 Å². The van der Waals surface area contributed by atoms with E-state index < -0.39 is 5.91 Å². The molecule has 0 unspecified atom stereocenters. The van der Waals surface area contributed by atoms with Crippen LogP contribution in [0.3, 0.4) is 0 Å². The van der Waals surface area contributed by atoms with Crippen molar-refractivity contribution in [3.63, 3.8) is 0 Å². The molecule has 0 radical (unpaired) electrons. The zero-order valence-corrected chi connectivity index (χ0v) is 7.95. The molecule has 0 bridgehead atoms.